The highest BCUT2D eigenvalue weighted by molar-refractivity contribution is 5.96. The molecule has 6 nitrogen and oxygen atoms in total. The first-order valence-corrected chi connectivity index (χ1v) is 5.99. The molecule has 94 valence electrons. The van der Waals surface area contributed by atoms with Gasteiger partial charge in [-0.15, -0.1) is 0 Å². The predicted octanol–water partition coefficient (Wildman–Crippen LogP) is 0.547. The number of amides is 1. The first-order chi connectivity index (χ1) is 8.72. The van der Waals surface area contributed by atoms with Crippen LogP contribution in [-0.2, 0) is 4.79 Å². The van der Waals surface area contributed by atoms with Gasteiger partial charge in [0.15, 0.2) is 0 Å². The van der Waals surface area contributed by atoms with Crippen molar-refractivity contribution in [2.45, 2.75) is 18.9 Å². The highest BCUT2D eigenvalue weighted by atomic mass is 16.2. The lowest BCUT2D eigenvalue weighted by Gasteiger charge is -2.10. The molecule has 1 aliphatic heterocycles. The average molecular weight is 246 g/mol. The third-order valence-corrected chi connectivity index (χ3v) is 3.16. The van der Waals surface area contributed by atoms with Gasteiger partial charge >= 0.3 is 5.69 Å². The Balaban J connectivity index is 1.81. The molecule has 18 heavy (non-hydrogen) atoms. The van der Waals surface area contributed by atoms with Gasteiger partial charge in [0.05, 0.1) is 17.1 Å². The van der Waals surface area contributed by atoms with Gasteiger partial charge in [0.25, 0.3) is 0 Å². The molecule has 4 N–H and O–H groups in total. The van der Waals surface area contributed by atoms with Crippen molar-refractivity contribution in [3.63, 3.8) is 0 Å². The van der Waals surface area contributed by atoms with Gasteiger partial charge in [0, 0.05) is 5.69 Å². The van der Waals surface area contributed by atoms with Crippen LogP contribution in [0.1, 0.15) is 12.8 Å². The fraction of sp³-hybridized carbons (Fsp3) is 0.333. The Morgan fingerprint density at radius 1 is 1.28 bits per heavy atom. The maximum absolute atomic E-state index is 11.9. The second-order valence-electron chi connectivity index (χ2n) is 4.48. The first kappa shape index (κ1) is 11.0. The highest BCUT2D eigenvalue weighted by Gasteiger charge is 2.21. The summed E-state index contributed by atoms with van der Waals surface area (Å²) in [5.74, 6) is -0.0234. The number of carbonyl (C=O) groups excluding carboxylic acids is 1. The van der Waals surface area contributed by atoms with Gasteiger partial charge in [-0.1, -0.05) is 0 Å². The number of fused-ring (bicyclic) bond motifs is 1. The van der Waals surface area contributed by atoms with Gasteiger partial charge in [-0.3, -0.25) is 4.79 Å². The van der Waals surface area contributed by atoms with Crippen molar-refractivity contribution >= 4 is 22.6 Å². The van der Waals surface area contributed by atoms with Crippen LogP contribution in [-0.4, -0.2) is 28.5 Å². The summed E-state index contributed by atoms with van der Waals surface area (Å²) in [5, 5.41) is 5.99. The standard InChI is InChI=1S/C12H14N4O2/c17-11(9-2-1-5-13-9)14-7-3-4-8-10(6-7)16-12(18)15-8/h3-4,6,9,13H,1-2,5H2,(H,14,17)(H2,15,16,18)/t9-/m0/s1. The van der Waals surface area contributed by atoms with E-state index in [2.05, 4.69) is 20.6 Å². The summed E-state index contributed by atoms with van der Waals surface area (Å²) in [6.07, 6.45) is 1.90. The van der Waals surface area contributed by atoms with Crippen molar-refractivity contribution in [2.75, 3.05) is 11.9 Å². The Morgan fingerprint density at radius 3 is 2.89 bits per heavy atom. The largest absolute Gasteiger partial charge is 0.325 e. The minimum absolute atomic E-state index is 0.0234. The normalized spacial score (nSPS) is 19.2. The molecule has 1 aromatic carbocycles. The van der Waals surface area contributed by atoms with Crippen LogP contribution in [0.2, 0.25) is 0 Å². The number of aromatic amines is 2. The van der Waals surface area contributed by atoms with Crippen molar-refractivity contribution in [3.05, 3.63) is 28.7 Å². The van der Waals surface area contributed by atoms with Gasteiger partial charge in [-0.05, 0) is 37.6 Å². The molecule has 0 radical (unpaired) electrons. The second-order valence-corrected chi connectivity index (χ2v) is 4.48. The van der Waals surface area contributed by atoms with E-state index < -0.39 is 0 Å². The van der Waals surface area contributed by atoms with Crippen LogP contribution in [0.4, 0.5) is 5.69 Å². The van der Waals surface area contributed by atoms with E-state index in [1.54, 1.807) is 18.2 Å². The maximum atomic E-state index is 11.9. The Hall–Kier alpha value is -2.08. The predicted molar refractivity (Wildman–Crippen MR) is 68.6 cm³/mol. The lowest BCUT2D eigenvalue weighted by atomic mass is 10.2. The highest BCUT2D eigenvalue weighted by Crippen LogP contribution is 2.15. The second kappa shape index (κ2) is 4.30. The average Bonchev–Trinajstić information content (AvgIpc) is 2.95. The van der Waals surface area contributed by atoms with Crippen LogP contribution in [0, 0.1) is 0 Å². The number of H-pyrrole nitrogens is 2. The maximum Gasteiger partial charge on any atom is 0.323 e. The van der Waals surface area contributed by atoms with Crippen molar-refractivity contribution in [2.24, 2.45) is 0 Å². The molecule has 0 saturated carbocycles. The van der Waals surface area contributed by atoms with Crippen LogP contribution in [0.3, 0.4) is 0 Å². The molecule has 1 saturated heterocycles. The van der Waals surface area contributed by atoms with E-state index >= 15 is 0 Å². The Kier molecular flexibility index (Phi) is 2.64. The molecule has 1 aliphatic rings. The zero-order valence-corrected chi connectivity index (χ0v) is 9.75. The van der Waals surface area contributed by atoms with Crippen LogP contribution in [0.15, 0.2) is 23.0 Å². The van der Waals surface area contributed by atoms with Gasteiger partial charge in [-0.25, -0.2) is 4.79 Å². The van der Waals surface area contributed by atoms with E-state index in [0.29, 0.717) is 11.2 Å². The lowest BCUT2D eigenvalue weighted by Crippen LogP contribution is -2.35. The number of aromatic nitrogens is 2. The van der Waals surface area contributed by atoms with Crippen LogP contribution in [0.25, 0.3) is 11.0 Å². The summed E-state index contributed by atoms with van der Waals surface area (Å²) in [7, 11) is 0. The Bertz CT molecular complexity index is 637. The van der Waals surface area contributed by atoms with Crippen LogP contribution in [0.5, 0.6) is 0 Å². The number of anilines is 1. The number of hydrogen-bond donors (Lipinski definition) is 4. The first-order valence-electron chi connectivity index (χ1n) is 5.99. The number of carbonyl (C=O) groups is 1. The fourth-order valence-electron chi connectivity index (χ4n) is 2.25. The molecular formula is C12H14N4O2. The SMILES string of the molecule is O=C(Nc1ccc2[nH]c(=O)[nH]c2c1)[C@@H]1CCCN1. The molecular weight excluding hydrogens is 232 g/mol. The summed E-state index contributed by atoms with van der Waals surface area (Å²) >= 11 is 0. The molecule has 6 heteroatoms. The molecule has 0 unspecified atom stereocenters. The molecule has 1 atom stereocenters. The number of rotatable bonds is 2. The Morgan fingerprint density at radius 2 is 2.11 bits per heavy atom. The third-order valence-electron chi connectivity index (χ3n) is 3.16. The lowest BCUT2D eigenvalue weighted by molar-refractivity contribution is -0.117. The number of imidazole rings is 1. The molecule has 0 aliphatic carbocycles. The van der Waals surface area contributed by atoms with E-state index in [1.165, 1.54) is 0 Å². The van der Waals surface area contributed by atoms with Gasteiger partial charge in [-0.2, -0.15) is 0 Å². The molecule has 2 heterocycles. The summed E-state index contributed by atoms with van der Waals surface area (Å²) < 4.78 is 0. The van der Waals surface area contributed by atoms with Gasteiger partial charge < -0.3 is 20.6 Å². The van der Waals surface area contributed by atoms with Crippen molar-refractivity contribution in [1.29, 1.82) is 0 Å². The van der Waals surface area contributed by atoms with E-state index in [4.69, 9.17) is 0 Å². The number of hydrogen-bond acceptors (Lipinski definition) is 3. The molecule has 2 aromatic rings. The van der Waals surface area contributed by atoms with Gasteiger partial charge in [0.2, 0.25) is 5.91 Å². The number of nitrogens with one attached hydrogen (secondary N) is 4. The van der Waals surface area contributed by atoms with Gasteiger partial charge in [0.1, 0.15) is 0 Å². The van der Waals surface area contributed by atoms with E-state index in [-0.39, 0.29) is 17.6 Å². The summed E-state index contributed by atoms with van der Waals surface area (Å²) in [6, 6.07) is 5.19. The van der Waals surface area contributed by atoms with Crippen LogP contribution >= 0.6 is 0 Å². The van der Waals surface area contributed by atoms with E-state index in [9.17, 15) is 9.59 Å². The fourth-order valence-corrected chi connectivity index (χ4v) is 2.25. The number of benzene rings is 1. The molecule has 3 rings (SSSR count). The molecule has 0 bridgehead atoms. The van der Waals surface area contributed by atoms with Crippen molar-refractivity contribution < 1.29 is 4.79 Å². The molecule has 1 aromatic heterocycles. The van der Waals surface area contributed by atoms with Crippen LogP contribution < -0.4 is 16.3 Å². The Labute approximate surface area is 103 Å². The zero-order chi connectivity index (χ0) is 12.5. The zero-order valence-electron chi connectivity index (χ0n) is 9.75. The summed E-state index contributed by atoms with van der Waals surface area (Å²) in [6.45, 7) is 0.891. The van der Waals surface area contributed by atoms with E-state index in [1.807, 2.05) is 0 Å². The molecule has 1 fully saturated rings. The van der Waals surface area contributed by atoms with Crippen molar-refractivity contribution in [3.8, 4) is 0 Å². The quantitative estimate of drug-likeness (QED) is 0.623. The minimum atomic E-state index is -0.245. The smallest absolute Gasteiger partial charge is 0.323 e. The molecule has 0 spiro atoms. The third kappa shape index (κ3) is 2.02. The summed E-state index contributed by atoms with van der Waals surface area (Å²) in [4.78, 5) is 28.3. The summed E-state index contributed by atoms with van der Waals surface area (Å²) in [5.41, 5.74) is 1.87. The minimum Gasteiger partial charge on any atom is -0.325 e. The van der Waals surface area contributed by atoms with Crippen molar-refractivity contribution in [1.82, 2.24) is 15.3 Å². The van der Waals surface area contributed by atoms with E-state index in [0.717, 1.165) is 24.9 Å². The topological polar surface area (TPSA) is 89.8 Å². The monoisotopic (exact) mass is 246 g/mol. The molecule has 1 amide bonds.